The van der Waals surface area contributed by atoms with Gasteiger partial charge >= 0.3 is 0 Å². The Morgan fingerprint density at radius 2 is 2.05 bits per heavy atom. The van der Waals surface area contributed by atoms with E-state index in [4.69, 9.17) is 14.2 Å². The molecule has 1 saturated heterocycles. The second kappa shape index (κ2) is 8.25. The molecule has 1 aromatic carbocycles. The summed E-state index contributed by atoms with van der Waals surface area (Å²) >= 11 is 0. The molecule has 1 unspecified atom stereocenters. The zero-order chi connectivity index (χ0) is 15.1. The van der Waals surface area contributed by atoms with Crippen molar-refractivity contribution in [1.82, 2.24) is 5.32 Å². The Labute approximate surface area is 127 Å². The summed E-state index contributed by atoms with van der Waals surface area (Å²) in [6.07, 6.45) is 3.25. The lowest BCUT2D eigenvalue weighted by atomic mass is 10.1. The van der Waals surface area contributed by atoms with E-state index in [1.807, 2.05) is 6.07 Å². The van der Waals surface area contributed by atoms with Crippen LogP contribution in [0.15, 0.2) is 18.2 Å². The van der Waals surface area contributed by atoms with Crippen LogP contribution in [0.4, 0.5) is 0 Å². The molecule has 1 atom stereocenters. The molecule has 2 rings (SSSR count). The van der Waals surface area contributed by atoms with Crippen LogP contribution in [-0.4, -0.2) is 33.0 Å². The van der Waals surface area contributed by atoms with Crippen LogP contribution >= 0.6 is 0 Å². The predicted octanol–water partition coefficient (Wildman–Crippen LogP) is 3.31. The molecular weight excluding hydrogens is 266 g/mol. The number of rotatable bonds is 7. The number of nitrogens with one attached hydrogen (secondary N) is 1. The highest BCUT2D eigenvalue weighted by Crippen LogP contribution is 2.32. The average molecular weight is 293 g/mol. The van der Waals surface area contributed by atoms with Crippen LogP contribution in [0, 0.1) is 0 Å². The molecule has 0 spiro atoms. The third-order valence-corrected chi connectivity index (χ3v) is 3.85. The number of hydrogen-bond acceptors (Lipinski definition) is 4. The largest absolute Gasteiger partial charge is 0.493 e. The highest BCUT2D eigenvalue weighted by molar-refractivity contribution is 5.44. The molecule has 118 valence electrons. The van der Waals surface area contributed by atoms with Crippen molar-refractivity contribution in [3.05, 3.63) is 23.8 Å². The van der Waals surface area contributed by atoms with Gasteiger partial charge in [-0.3, -0.25) is 0 Å². The standard InChI is InChI=1S/C17H27NO3/c1-4-9-18-13(2)14-5-6-16(17(12-14)19-3)21-15-7-10-20-11-8-15/h5-6,12-13,15,18H,4,7-11H2,1-3H3. The number of ether oxygens (including phenoxy) is 3. The average Bonchev–Trinajstić information content (AvgIpc) is 2.54. The maximum atomic E-state index is 6.07. The Hall–Kier alpha value is -1.26. The Bertz CT molecular complexity index is 430. The molecule has 1 N–H and O–H groups in total. The molecule has 0 aliphatic carbocycles. The van der Waals surface area contributed by atoms with Gasteiger partial charge in [0.15, 0.2) is 11.5 Å². The van der Waals surface area contributed by atoms with E-state index in [2.05, 4.69) is 31.3 Å². The molecule has 0 bridgehead atoms. The van der Waals surface area contributed by atoms with Crippen molar-refractivity contribution in [3.63, 3.8) is 0 Å². The fraction of sp³-hybridized carbons (Fsp3) is 0.647. The maximum absolute atomic E-state index is 6.07. The second-order valence-electron chi connectivity index (χ2n) is 5.52. The molecule has 1 heterocycles. The molecule has 0 amide bonds. The Balaban J connectivity index is 2.04. The first-order valence-electron chi connectivity index (χ1n) is 7.90. The van der Waals surface area contributed by atoms with E-state index in [1.165, 1.54) is 5.56 Å². The van der Waals surface area contributed by atoms with E-state index < -0.39 is 0 Å². The van der Waals surface area contributed by atoms with Gasteiger partial charge < -0.3 is 19.5 Å². The van der Waals surface area contributed by atoms with Crippen molar-refractivity contribution >= 4 is 0 Å². The summed E-state index contributed by atoms with van der Waals surface area (Å²) in [6, 6.07) is 6.52. The van der Waals surface area contributed by atoms with Crippen molar-refractivity contribution in [3.8, 4) is 11.5 Å². The summed E-state index contributed by atoms with van der Waals surface area (Å²) in [5.74, 6) is 1.64. The van der Waals surface area contributed by atoms with E-state index in [-0.39, 0.29) is 6.10 Å². The molecule has 1 fully saturated rings. The third kappa shape index (κ3) is 4.61. The van der Waals surface area contributed by atoms with Gasteiger partial charge in [-0.05, 0) is 37.6 Å². The molecule has 4 heteroatoms. The van der Waals surface area contributed by atoms with Gasteiger partial charge in [0.05, 0.1) is 20.3 Å². The second-order valence-corrected chi connectivity index (χ2v) is 5.52. The zero-order valence-electron chi connectivity index (χ0n) is 13.4. The molecule has 0 aromatic heterocycles. The minimum atomic E-state index is 0.231. The number of methoxy groups -OCH3 is 1. The number of benzene rings is 1. The van der Waals surface area contributed by atoms with Gasteiger partial charge in [0.25, 0.3) is 0 Å². The highest BCUT2D eigenvalue weighted by Gasteiger charge is 2.18. The Kier molecular flexibility index (Phi) is 6.33. The van der Waals surface area contributed by atoms with E-state index >= 15 is 0 Å². The molecule has 0 saturated carbocycles. The Morgan fingerprint density at radius 1 is 1.29 bits per heavy atom. The maximum Gasteiger partial charge on any atom is 0.161 e. The van der Waals surface area contributed by atoms with Gasteiger partial charge in [0.1, 0.15) is 6.10 Å². The van der Waals surface area contributed by atoms with Gasteiger partial charge in [-0.1, -0.05) is 13.0 Å². The molecule has 1 aromatic rings. The van der Waals surface area contributed by atoms with Gasteiger partial charge in [-0.15, -0.1) is 0 Å². The first kappa shape index (κ1) is 16.1. The SMILES string of the molecule is CCCNC(C)c1ccc(OC2CCOCC2)c(OC)c1. The van der Waals surface area contributed by atoms with Crippen LogP contribution in [0.3, 0.4) is 0 Å². The molecular formula is C17H27NO3. The number of hydrogen-bond donors (Lipinski definition) is 1. The van der Waals surface area contributed by atoms with E-state index in [0.29, 0.717) is 6.04 Å². The Morgan fingerprint density at radius 3 is 2.71 bits per heavy atom. The van der Waals surface area contributed by atoms with Crippen LogP contribution in [0.2, 0.25) is 0 Å². The van der Waals surface area contributed by atoms with Crippen molar-refractivity contribution < 1.29 is 14.2 Å². The van der Waals surface area contributed by atoms with Crippen LogP contribution < -0.4 is 14.8 Å². The van der Waals surface area contributed by atoms with Crippen LogP contribution in [0.1, 0.15) is 44.7 Å². The smallest absolute Gasteiger partial charge is 0.161 e. The van der Waals surface area contributed by atoms with Crippen molar-refractivity contribution in [2.45, 2.75) is 45.3 Å². The van der Waals surface area contributed by atoms with Gasteiger partial charge in [-0.2, -0.15) is 0 Å². The van der Waals surface area contributed by atoms with Crippen LogP contribution in [0.5, 0.6) is 11.5 Å². The van der Waals surface area contributed by atoms with Crippen molar-refractivity contribution in [1.29, 1.82) is 0 Å². The monoisotopic (exact) mass is 293 g/mol. The highest BCUT2D eigenvalue weighted by atomic mass is 16.5. The predicted molar refractivity (Wildman–Crippen MR) is 84.2 cm³/mol. The van der Waals surface area contributed by atoms with E-state index in [1.54, 1.807) is 7.11 Å². The van der Waals surface area contributed by atoms with Crippen LogP contribution in [0.25, 0.3) is 0 Å². The zero-order valence-corrected chi connectivity index (χ0v) is 13.4. The minimum absolute atomic E-state index is 0.231. The summed E-state index contributed by atoms with van der Waals surface area (Å²) in [6.45, 7) is 6.92. The summed E-state index contributed by atoms with van der Waals surface area (Å²) in [5.41, 5.74) is 1.22. The minimum Gasteiger partial charge on any atom is -0.493 e. The molecule has 21 heavy (non-hydrogen) atoms. The fourth-order valence-corrected chi connectivity index (χ4v) is 2.50. The summed E-state index contributed by atoms with van der Waals surface area (Å²) in [4.78, 5) is 0. The molecule has 0 radical (unpaired) electrons. The first-order valence-corrected chi connectivity index (χ1v) is 7.90. The lowest BCUT2D eigenvalue weighted by Gasteiger charge is -2.24. The van der Waals surface area contributed by atoms with Gasteiger partial charge in [0.2, 0.25) is 0 Å². The van der Waals surface area contributed by atoms with E-state index in [0.717, 1.165) is 50.5 Å². The van der Waals surface area contributed by atoms with Crippen LogP contribution in [-0.2, 0) is 4.74 Å². The van der Waals surface area contributed by atoms with E-state index in [9.17, 15) is 0 Å². The van der Waals surface area contributed by atoms with Gasteiger partial charge in [0, 0.05) is 18.9 Å². The summed E-state index contributed by atoms with van der Waals surface area (Å²) < 4.78 is 16.9. The summed E-state index contributed by atoms with van der Waals surface area (Å²) in [7, 11) is 1.69. The molecule has 1 aliphatic heterocycles. The van der Waals surface area contributed by atoms with Crippen molar-refractivity contribution in [2.75, 3.05) is 26.9 Å². The molecule has 1 aliphatic rings. The topological polar surface area (TPSA) is 39.7 Å². The molecule has 4 nitrogen and oxygen atoms in total. The summed E-state index contributed by atoms with van der Waals surface area (Å²) in [5, 5.41) is 3.49. The van der Waals surface area contributed by atoms with Gasteiger partial charge in [-0.25, -0.2) is 0 Å². The first-order chi connectivity index (χ1) is 10.2. The lowest BCUT2D eigenvalue weighted by Crippen LogP contribution is -2.26. The third-order valence-electron chi connectivity index (χ3n) is 3.85. The normalized spacial score (nSPS) is 17.5. The quantitative estimate of drug-likeness (QED) is 0.837. The fourth-order valence-electron chi connectivity index (χ4n) is 2.50. The lowest BCUT2D eigenvalue weighted by molar-refractivity contribution is 0.0245. The van der Waals surface area contributed by atoms with Crippen molar-refractivity contribution in [2.24, 2.45) is 0 Å².